The van der Waals surface area contributed by atoms with Crippen LogP contribution in [0.1, 0.15) is 15.9 Å². The molecule has 0 aliphatic rings. The van der Waals surface area contributed by atoms with Gasteiger partial charge in [-0.25, -0.2) is 4.79 Å². The van der Waals surface area contributed by atoms with Crippen LogP contribution in [0.4, 0.5) is 0 Å². The quantitative estimate of drug-likeness (QED) is 0.935. The topological polar surface area (TPSA) is 59.4 Å². The lowest BCUT2D eigenvalue weighted by Crippen LogP contribution is -2.00. The number of carbonyl (C=O) groups is 1. The van der Waals surface area contributed by atoms with Crippen molar-refractivity contribution in [3.05, 3.63) is 57.8 Å². The van der Waals surface area contributed by atoms with E-state index < -0.39 is 5.97 Å². The molecule has 0 radical (unpaired) electrons. The van der Waals surface area contributed by atoms with Crippen LogP contribution in [-0.2, 0) is 6.61 Å². The Hall–Kier alpha value is -1.78. The third-order valence-electron chi connectivity index (χ3n) is 2.42. The number of ether oxygens (including phenoxy) is 1. The lowest BCUT2D eigenvalue weighted by Gasteiger charge is -2.08. The van der Waals surface area contributed by atoms with E-state index in [2.05, 4.69) is 4.98 Å². The molecular formula is C13H9Cl2NO3. The van der Waals surface area contributed by atoms with Gasteiger partial charge in [0.1, 0.15) is 12.4 Å². The zero-order valence-corrected chi connectivity index (χ0v) is 11.1. The van der Waals surface area contributed by atoms with Crippen molar-refractivity contribution in [3.8, 4) is 5.75 Å². The molecule has 0 aliphatic heterocycles. The van der Waals surface area contributed by atoms with Crippen molar-refractivity contribution in [2.45, 2.75) is 6.61 Å². The van der Waals surface area contributed by atoms with Crippen molar-refractivity contribution in [2.24, 2.45) is 0 Å². The number of carboxylic acids is 1. The number of benzene rings is 1. The number of rotatable bonds is 4. The summed E-state index contributed by atoms with van der Waals surface area (Å²) in [4.78, 5) is 14.8. The van der Waals surface area contributed by atoms with Crippen LogP contribution in [0.2, 0.25) is 10.0 Å². The maximum Gasteiger partial charge on any atom is 0.337 e. The third-order valence-corrected chi connectivity index (χ3v) is 3.09. The van der Waals surface area contributed by atoms with E-state index in [1.165, 1.54) is 18.3 Å². The SMILES string of the molecule is O=C(O)c1cc(OCc2ccncc2Cl)ccc1Cl. The van der Waals surface area contributed by atoms with E-state index in [-0.39, 0.29) is 17.2 Å². The van der Waals surface area contributed by atoms with Gasteiger partial charge in [0.25, 0.3) is 0 Å². The van der Waals surface area contributed by atoms with Crippen LogP contribution >= 0.6 is 23.2 Å². The number of carboxylic acid groups (broad SMARTS) is 1. The van der Waals surface area contributed by atoms with Crippen LogP contribution in [0.25, 0.3) is 0 Å². The maximum atomic E-state index is 10.9. The van der Waals surface area contributed by atoms with Gasteiger partial charge in [0.15, 0.2) is 0 Å². The third kappa shape index (κ3) is 3.36. The highest BCUT2D eigenvalue weighted by Gasteiger charge is 2.10. The number of hydrogen-bond donors (Lipinski definition) is 1. The van der Waals surface area contributed by atoms with E-state index >= 15 is 0 Å². The average molecular weight is 298 g/mol. The molecule has 0 saturated carbocycles. The first-order valence-electron chi connectivity index (χ1n) is 5.32. The first-order valence-corrected chi connectivity index (χ1v) is 6.07. The van der Waals surface area contributed by atoms with E-state index in [1.807, 2.05) is 0 Å². The highest BCUT2D eigenvalue weighted by molar-refractivity contribution is 6.33. The number of pyridine rings is 1. The van der Waals surface area contributed by atoms with Crippen molar-refractivity contribution in [1.82, 2.24) is 4.98 Å². The zero-order chi connectivity index (χ0) is 13.8. The Balaban J connectivity index is 2.14. The normalized spacial score (nSPS) is 10.2. The molecule has 1 aromatic heterocycles. The molecule has 4 nitrogen and oxygen atoms in total. The summed E-state index contributed by atoms with van der Waals surface area (Å²) in [6.07, 6.45) is 3.12. The molecule has 2 aromatic rings. The van der Waals surface area contributed by atoms with Crippen LogP contribution in [-0.4, -0.2) is 16.1 Å². The molecule has 0 spiro atoms. The second kappa shape index (κ2) is 5.91. The minimum absolute atomic E-state index is 0.00000745. The molecule has 6 heteroatoms. The van der Waals surface area contributed by atoms with E-state index in [0.29, 0.717) is 10.8 Å². The lowest BCUT2D eigenvalue weighted by molar-refractivity contribution is 0.0696. The molecule has 1 N–H and O–H groups in total. The van der Waals surface area contributed by atoms with Crippen LogP contribution in [0.5, 0.6) is 5.75 Å². The van der Waals surface area contributed by atoms with Crippen LogP contribution in [0.3, 0.4) is 0 Å². The summed E-state index contributed by atoms with van der Waals surface area (Å²) < 4.78 is 5.48. The summed E-state index contributed by atoms with van der Waals surface area (Å²) in [6, 6.07) is 6.19. The van der Waals surface area contributed by atoms with Gasteiger partial charge in [-0.3, -0.25) is 4.98 Å². The molecule has 19 heavy (non-hydrogen) atoms. The number of aromatic nitrogens is 1. The van der Waals surface area contributed by atoms with Gasteiger partial charge in [0.2, 0.25) is 0 Å². The molecule has 0 aliphatic carbocycles. The fraction of sp³-hybridized carbons (Fsp3) is 0.0769. The highest BCUT2D eigenvalue weighted by Crippen LogP contribution is 2.23. The molecule has 0 saturated heterocycles. The average Bonchev–Trinajstić information content (AvgIpc) is 2.39. The molecular weight excluding hydrogens is 289 g/mol. The molecule has 1 heterocycles. The van der Waals surface area contributed by atoms with Crippen molar-refractivity contribution >= 4 is 29.2 Å². The molecule has 98 valence electrons. The van der Waals surface area contributed by atoms with Gasteiger partial charge in [0.05, 0.1) is 15.6 Å². The first-order chi connectivity index (χ1) is 9.08. The summed E-state index contributed by atoms with van der Waals surface area (Å²) >= 11 is 11.7. The fourth-order valence-corrected chi connectivity index (χ4v) is 1.81. The summed E-state index contributed by atoms with van der Waals surface area (Å²) in [7, 11) is 0. The van der Waals surface area contributed by atoms with Crippen LogP contribution in [0.15, 0.2) is 36.7 Å². The van der Waals surface area contributed by atoms with E-state index in [0.717, 1.165) is 5.56 Å². The Kier molecular flexibility index (Phi) is 4.24. The fourth-order valence-electron chi connectivity index (χ4n) is 1.44. The van der Waals surface area contributed by atoms with Crippen molar-refractivity contribution in [1.29, 1.82) is 0 Å². The predicted molar refractivity (Wildman–Crippen MR) is 72.0 cm³/mol. The Morgan fingerprint density at radius 2 is 2.05 bits per heavy atom. The van der Waals surface area contributed by atoms with E-state index in [9.17, 15) is 4.79 Å². The number of aromatic carboxylic acids is 1. The van der Waals surface area contributed by atoms with Gasteiger partial charge in [-0.05, 0) is 24.3 Å². The van der Waals surface area contributed by atoms with E-state index in [4.69, 9.17) is 33.0 Å². The highest BCUT2D eigenvalue weighted by atomic mass is 35.5. The van der Waals surface area contributed by atoms with Gasteiger partial charge in [-0.2, -0.15) is 0 Å². The number of halogens is 2. The van der Waals surface area contributed by atoms with Gasteiger partial charge in [-0.1, -0.05) is 23.2 Å². The van der Waals surface area contributed by atoms with Gasteiger partial charge < -0.3 is 9.84 Å². The van der Waals surface area contributed by atoms with E-state index in [1.54, 1.807) is 18.3 Å². The smallest absolute Gasteiger partial charge is 0.337 e. The van der Waals surface area contributed by atoms with Crippen LogP contribution < -0.4 is 4.74 Å². The Morgan fingerprint density at radius 3 is 2.74 bits per heavy atom. The second-order valence-electron chi connectivity index (χ2n) is 3.70. The van der Waals surface area contributed by atoms with Crippen molar-refractivity contribution < 1.29 is 14.6 Å². The standard InChI is InChI=1S/C13H9Cl2NO3/c14-11-2-1-9(5-10(11)13(17)18)19-7-8-3-4-16-6-12(8)15/h1-6H,7H2,(H,17,18). The summed E-state index contributed by atoms with van der Waals surface area (Å²) in [6.45, 7) is 0.224. The zero-order valence-electron chi connectivity index (χ0n) is 9.64. The summed E-state index contributed by atoms with van der Waals surface area (Å²) in [5.74, 6) is -0.688. The minimum atomic E-state index is -1.10. The molecule has 0 unspecified atom stereocenters. The number of nitrogens with zero attached hydrogens (tertiary/aromatic N) is 1. The van der Waals surface area contributed by atoms with Gasteiger partial charge in [-0.15, -0.1) is 0 Å². The van der Waals surface area contributed by atoms with Crippen LogP contribution in [0, 0.1) is 0 Å². The molecule has 0 atom stereocenters. The Morgan fingerprint density at radius 1 is 1.26 bits per heavy atom. The van der Waals surface area contributed by atoms with Gasteiger partial charge >= 0.3 is 5.97 Å². The molecule has 1 aromatic carbocycles. The minimum Gasteiger partial charge on any atom is -0.489 e. The number of hydrogen-bond acceptors (Lipinski definition) is 3. The molecule has 0 amide bonds. The second-order valence-corrected chi connectivity index (χ2v) is 4.52. The molecule has 2 rings (SSSR count). The molecule has 0 bridgehead atoms. The summed E-state index contributed by atoms with van der Waals surface area (Å²) in [5.41, 5.74) is 0.767. The predicted octanol–water partition coefficient (Wildman–Crippen LogP) is 3.67. The van der Waals surface area contributed by atoms with Gasteiger partial charge in [0, 0.05) is 18.0 Å². The maximum absolute atomic E-state index is 10.9. The summed E-state index contributed by atoms with van der Waals surface area (Å²) in [5, 5.41) is 9.61. The molecule has 0 fully saturated rings. The van der Waals surface area contributed by atoms with Crippen molar-refractivity contribution in [2.75, 3.05) is 0 Å². The Labute approximate surface area is 119 Å². The monoisotopic (exact) mass is 297 g/mol. The Bertz CT molecular complexity index is 617. The van der Waals surface area contributed by atoms with Crippen molar-refractivity contribution in [3.63, 3.8) is 0 Å². The largest absolute Gasteiger partial charge is 0.489 e. The first kappa shape index (κ1) is 13.6. The lowest BCUT2D eigenvalue weighted by atomic mass is 10.2.